The zero-order valence-electron chi connectivity index (χ0n) is 7.47. The maximum atomic E-state index is 11.6. The first-order valence-electron chi connectivity index (χ1n) is 4.34. The van der Waals surface area contributed by atoms with Crippen molar-refractivity contribution in [1.82, 2.24) is 5.06 Å². The molecule has 1 aromatic rings. The van der Waals surface area contributed by atoms with Gasteiger partial charge in [0.1, 0.15) is 0 Å². The highest BCUT2D eigenvalue weighted by molar-refractivity contribution is 6.04. The molecule has 1 aliphatic rings. The van der Waals surface area contributed by atoms with E-state index >= 15 is 0 Å². The SMILES string of the molecule is O=C1CCON1C(=O)c1ccccc1. The van der Waals surface area contributed by atoms with Crippen molar-refractivity contribution in [3.63, 3.8) is 0 Å². The number of imide groups is 1. The van der Waals surface area contributed by atoms with Crippen molar-refractivity contribution >= 4 is 11.8 Å². The first kappa shape index (κ1) is 8.90. The number of nitrogens with zero attached hydrogens (tertiary/aromatic N) is 1. The molecule has 0 unspecified atom stereocenters. The Bertz CT molecular complexity index is 361. The van der Waals surface area contributed by atoms with Crippen LogP contribution in [0.25, 0.3) is 0 Å². The van der Waals surface area contributed by atoms with E-state index in [-0.39, 0.29) is 18.9 Å². The summed E-state index contributed by atoms with van der Waals surface area (Å²) in [6, 6.07) is 8.60. The first-order chi connectivity index (χ1) is 6.79. The lowest BCUT2D eigenvalue weighted by atomic mass is 10.2. The molecule has 1 fully saturated rings. The monoisotopic (exact) mass is 191 g/mol. The van der Waals surface area contributed by atoms with Gasteiger partial charge in [0.2, 0.25) is 0 Å². The molecule has 72 valence electrons. The molecule has 4 nitrogen and oxygen atoms in total. The minimum absolute atomic E-state index is 0.276. The van der Waals surface area contributed by atoms with Gasteiger partial charge in [0.05, 0.1) is 13.0 Å². The number of hydrogen-bond donors (Lipinski definition) is 0. The molecule has 0 N–H and O–H groups in total. The van der Waals surface area contributed by atoms with Crippen LogP contribution in [0.3, 0.4) is 0 Å². The predicted molar refractivity (Wildman–Crippen MR) is 48.2 cm³/mol. The molecule has 2 rings (SSSR count). The van der Waals surface area contributed by atoms with Crippen molar-refractivity contribution in [2.75, 3.05) is 6.61 Å². The molecular weight excluding hydrogens is 182 g/mol. The summed E-state index contributed by atoms with van der Waals surface area (Å²) in [5, 5.41) is 0.829. The van der Waals surface area contributed by atoms with E-state index in [2.05, 4.69) is 0 Å². The van der Waals surface area contributed by atoms with E-state index < -0.39 is 5.91 Å². The zero-order chi connectivity index (χ0) is 9.97. The van der Waals surface area contributed by atoms with Gasteiger partial charge in [-0.3, -0.25) is 14.4 Å². The van der Waals surface area contributed by atoms with Gasteiger partial charge >= 0.3 is 0 Å². The molecule has 4 heteroatoms. The third kappa shape index (κ3) is 1.52. The Balaban J connectivity index is 2.20. The Morgan fingerprint density at radius 3 is 2.57 bits per heavy atom. The summed E-state index contributed by atoms with van der Waals surface area (Å²) in [7, 11) is 0. The fraction of sp³-hybridized carbons (Fsp3) is 0.200. The number of amides is 2. The second-order valence-corrected chi connectivity index (χ2v) is 2.94. The predicted octanol–water partition coefficient (Wildman–Crippen LogP) is 0.991. The van der Waals surface area contributed by atoms with Gasteiger partial charge in [0, 0.05) is 5.56 Å². The summed E-state index contributed by atoms with van der Waals surface area (Å²) in [6.07, 6.45) is 0.276. The van der Waals surface area contributed by atoms with E-state index in [1.165, 1.54) is 0 Å². The van der Waals surface area contributed by atoms with E-state index in [4.69, 9.17) is 4.84 Å². The lowest BCUT2D eigenvalue weighted by Gasteiger charge is -2.11. The van der Waals surface area contributed by atoms with Crippen molar-refractivity contribution in [3.8, 4) is 0 Å². The van der Waals surface area contributed by atoms with Crippen LogP contribution in [0, 0.1) is 0 Å². The average Bonchev–Trinajstić information content (AvgIpc) is 2.65. The number of benzene rings is 1. The van der Waals surface area contributed by atoms with Gasteiger partial charge in [-0.05, 0) is 12.1 Å². The van der Waals surface area contributed by atoms with Gasteiger partial charge < -0.3 is 0 Å². The van der Waals surface area contributed by atoms with Crippen LogP contribution >= 0.6 is 0 Å². The molecule has 1 saturated heterocycles. The lowest BCUT2D eigenvalue weighted by molar-refractivity contribution is -0.148. The molecule has 0 atom stereocenters. The molecule has 0 spiro atoms. The summed E-state index contributed by atoms with van der Waals surface area (Å²) in [4.78, 5) is 27.7. The number of hydrogen-bond acceptors (Lipinski definition) is 3. The number of carbonyl (C=O) groups excluding carboxylic acids is 2. The van der Waals surface area contributed by atoms with Gasteiger partial charge in [0.25, 0.3) is 11.8 Å². The van der Waals surface area contributed by atoms with E-state index in [9.17, 15) is 9.59 Å². The molecular formula is C10H9NO3. The lowest BCUT2D eigenvalue weighted by Crippen LogP contribution is -2.30. The van der Waals surface area contributed by atoms with Gasteiger partial charge in [-0.15, -0.1) is 5.06 Å². The third-order valence-corrected chi connectivity index (χ3v) is 1.97. The molecule has 1 aromatic carbocycles. The second-order valence-electron chi connectivity index (χ2n) is 2.94. The standard InChI is InChI=1S/C10H9NO3/c12-9-6-7-14-11(9)10(13)8-4-2-1-3-5-8/h1-5H,6-7H2. The van der Waals surface area contributed by atoms with E-state index in [0.29, 0.717) is 5.56 Å². The summed E-state index contributed by atoms with van der Waals surface area (Å²) in [5.41, 5.74) is 0.461. The van der Waals surface area contributed by atoms with Crippen LogP contribution in [0.2, 0.25) is 0 Å². The fourth-order valence-electron chi connectivity index (χ4n) is 1.27. The van der Waals surface area contributed by atoms with Crippen LogP contribution in [0.5, 0.6) is 0 Å². The largest absolute Gasteiger partial charge is 0.284 e. The molecule has 0 aromatic heterocycles. The topological polar surface area (TPSA) is 46.6 Å². The highest BCUT2D eigenvalue weighted by Crippen LogP contribution is 2.11. The van der Waals surface area contributed by atoms with Gasteiger partial charge in [0.15, 0.2) is 0 Å². The van der Waals surface area contributed by atoms with Crippen LogP contribution < -0.4 is 0 Å². The van der Waals surface area contributed by atoms with Crippen molar-refractivity contribution in [2.24, 2.45) is 0 Å². The summed E-state index contributed by atoms with van der Waals surface area (Å²) < 4.78 is 0. The normalized spacial score (nSPS) is 16.0. The van der Waals surface area contributed by atoms with E-state index in [1.54, 1.807) is 24.3 Å². The smallest absolute Gasteiger partial charge is 0.272 e. The molecule has 0 radical (unpaired) electrons. The minimum Gasteiger partial charge on any atom is -0.272 e. The molecule has 0 bridgehead atoms. The molecule has 0 saturated carbocycles. The second kappa shape index (κ2) is 3.59. The molecule has 14 heavy (non-hydrogen) atoms. The molecule has 1 aliphatic heterocycles. The highest BCUT2D eigenvalue weighted by atomic mass is 16.7. The molecule has 1 heterocycles. The van der Waals surface area contributed by atoms with Gasteiger partial charge in [-0.1, -0.05) is 18.2 Å². The van der Waals surface area contributed by atoms with Crippen molar-refractivity contribution in [1.29, 1.82) is 0 Å². The Morgan fingerprint density at radius 2 is 2.00 bits per heavy atom. The van der Waals surface area contributed by atoms with Crippen LogP contribution in [0.1, 0.15) is 16.8 Å². The van der Waals surface area contributed by atoms with Crippen LogP contribution in [-0.2, 0) is 9.63 Å². The van der Waals surface area contributed by atoms with Crippen LogP contribution in [0.4, 0.5) is 0 Å². The van der Waals surface area contributed by atoms with Gasteiger partial charge in [-0.2, -0.15) is 0 Å². The molecule has 0 aliphatic carbocycles. The van der Waals surface area contributed by atoms with Crippen molar-refractivity contribution in [2.45, 2.75) is 6.42 Å². The van der Waals surface area contributed by atoms with Gasteiger partial charge in [-0.25, -0.2) is 0 Å². The summed E-state index contributed by atoms with van der Waals surface area (Å²) in [6.45, 7) is 0.289. The fourth-order valence-corrected chi connectivity index (χ4v) is 1.27. The van der Waals surface area contributed by atoms with Crippen molar-refractivity contribution in [3.05, 3.63) is 35.9 Å². The number of carbonyl (C=O) groups is 2. The Hall–Kier alpha value is -1.68. The molecule has 2 amide bonds. The van der Waals surface area contributed by atoms with E-state index in [1.807, 2.05) is 6.07 Å². The maximum absolute atomic E-state index is 11.6. The van der Waals surface area contributed by atoms with Crippen LogP contribution in [0.15, 0.2) is 30.3 Å². The Morgan fingerprint density at radius 1 is 1.29 bits per heavy atom. The van der Waals surface area contributed by atoms with E-state index in [0.717, 1.165) is 5.06 Å². The zero-order valence-corrected chi connectivity index (χ0v) is 7.47. The van der Waals surface area contributed by atoms with Crippen molar-refractivity contribution < 1.29 is 14.4 Å². The van der Waals surface area contributed by atoms with Crippen LogP contribution in [-0.4, -0.2) is 23.5 Å². The number of rotatable bonds is 1. The Kier molecular flexibility index (Phi) is 2.28. The quantitative estimate of drug-likeness (QED) is 0.622. The average molecular weight is 191 g/mol. The maximum Gasteiger partial charge on any atom is 0.284 e. The minimum atomic E-state index is -0.395. The first-order valence-corrected chi connectivity index (χ1v) is 4.34. The number of hydroxylamine groups is 2. The summed E-state index contributed by atoms with van der Waals surface area (Å²) >= 11 is 0. The third-order valence-electron chi connectivity index (χ3n) is 1.97. The summed E-state index contributed by atoms with van der Waals surface area (Å²) in [5.74, 6) is -0.674. The Labute approximate surface area is 81.0 Å². The highest BCUT2D eigenvalue weighted by Gasteiger charge is 2.28.